The van der Waals surface area contributed by atoms with Crippen LogP contribution >= 0.6 is 23.1 Å². The average molecular weight is 286 g/mol. The molecule has 0 atom stereocenters. The summed E-state index contributed by atoms with van der Waals surface area (Å²) < 4.78 is 0.370. The van der Waals surface area contributed by atoms with Crippen LogP contribution in [0.1, 0.15) is 15.4 Å². The van der Waals surface area contributed by atoms with Crippen molar-refractivity contribution in [3.05, 3.63) is 31.4 Å². The number of H-pyrrole nitrogens is 2. The van der Waals surface area contributed by atoms with Crippen LogP contribution < -0.4 is 11.2 Å². The van der Waals surface area contributed by atoms with Crippen LogP contribution in [-0.4, -0.2) is 31.2 Å². The lowest BCUT2D eigenvalue weighted by Crippen LogP contribution is -2.24. The van der Waals surface area contributed by atoms with Gasteiger partial charge >= 0.3 is 11.7 Å². The maximum atomic E-state index is 11.4. The van der Waals surface area contributed by atoms with Crippen molar-refractivity contribution in [1.82, 2.24) is 20.2 Å². The number of nitrogens with one attached hydrogen (secondary N) is 2. The number of hydrogen-bond donors (Lipinski definition) is 3. The van der Waals surface area contributed by atoms with Gasteiger partial charge in [0.15, 0.2) is 9.37 Å². The lowest BCUT2D eigenvalue weighted by Gasteiger charge is -1.92. The summed E-state index contributed by atoms with van der Waals surface area (Å²) in [4.78, 5) is 39.1. The first kappa shape index (κ1) is 12.5. The van der Waals surface area contributed by atoms with Gasteiger partial charge in [-0.1, -0.05) is 11.3 Å². The van der Waals surface area contributed by atoms with E-state index in [4.69, 9.17) is 5.11 Å². The molecule has 2 aromatic rings. The van der Waals surface area contributed by atoms with Crippen molar-refractivity contribution in [1.29, 1.82) is 0 Å². The summed E-state index contributed by atoms with van der Waals surface area (Å²) in [5.74, 6) is -1.07. The Morgan fingerprint density at radius 2 is 2.17 bits per heavy atom. The van der Waals surface area contributed by atoms with Crippen molar-refractivity contribution in [2.75, 3.05) is 0 Å². The SMILES string of the molecule is Cc1nc(Sc2n[nH]c(=O)[nH]c2=O)sc1C(=O)O. The summed E-state index contributed by atoms with van der Waals surface area (Å²) in [6.45, 7) is 1.56. The first-order valence-corrected chi connectivity index (χ1v) is 6.18. The predicted octanol–water partition coefficient (Wildman–Crippen LogP) is 0.0725. The zero-order chi connectivity index (χ0) is 13.3. The van der Waals surface area contributed by atoms with E-state index in [2.05, 4.69) is 15.2 Å². The minimum atomic E-state index is -1.07. The summed E-state index contributed by atoms with van der Waals surface area (Å²) in [6.07, 6.45) is 0. The molecule has 0 fully saturated rings. The summed E-state index contributed by atoms with van der Waals surface area (Å²) in [5.41, 5.74) is -0.977. The van der Waals surface area contributed by atoms with Gasteiger partial charge in [-0.3, -0.25) is 9.78 Å². The van der Waals surface area contributed by atoms with Crippen molar-refractivity contribution in [3.8, 4) is 0 Å². The van der Waals surface area contributed by atoms with Crippen LogP contribution in [0.15, 0.2) is 19.0 Å². The fourth-order valence-corrected chi connectivity index (χ4v) is 2.98. The molecule has 8 nitrogen and oxygen atoms in total. The van der Waals surface area contributed by atoms with Crippen LogP contribution in [0.3, 0.4) is 0 Å². The second kappa shape index (κ2) is 4.74. The molecule has 0 aromatic carbocycles. The smallest absolute Gasteiger partial charge is 0.347 e. The molecule has 0 aliphatic heterocycles. The number of aromatic nitrogens is 4. The van der Waals surface area contributed by atoms with E-state index in [0.717, 1.165) is 23.1 Å². The quantitative estimate of drug-likeness (QED) is 0.728. The first-order chi connectivity index (χ1) is 8.47. The van der Waals surface area contributed by atoms with E-state index in [9.17, 15) is 14.4 Å². The first-order valence-electron chi connectivity index (χ1n) is 4.55. The number of carboxylic acids is 1. The molecule has 94 valence electrons. The Hall–Kier alpha value is -1.94. The third kappa shape index (κ3) is 2.49. The maximum absolute atomic E-state index is 11.4. The third-order valence-electron chi connectivity index (χ3n) is 1.84. The van der Waals surface area contributed by atoms with Gasteiger partial charge in [0, 0.05) is 0 Å². The summed E-state index contributed by atoms with van der Waals surface area (Å²) >= 11 is 1.84. The molecule has 0 saturated heterocycles. The van der Waals surface area contributed by atoms with Crippen LogP contribution in [0.5, 0.6) is 0 Å². The molecular formula is C8H6N4O4S2. The highest BCUT2D eigenvalue weighted by atomic mass is 32.2. The average Bonchev–Trinajstić information content (AvgIpc) is 2.64. The third-order valence-corrected chi connectivity index (χ3v) is 4.01. The lowest BCUT2D eigenvalue weighted by atomic mass is 10.4. The largest absolute Gasteiger partial charge is 0.477 e. The van der Waals surface area contributed by atoms with Crippen LogP contribution in [0.25, 0.3) is 0 Å². The summed E-state index contributed by atoms with van der Waals surface area (Å²) in [6, 6.07) is 0. The Balaban J connectivity index is 2.34. The Bertz CT molecular complexity index is 716. The van der Waals surface area contributed by atoms with Gasteiger partial charge < -0.3 is 5.11 Å². The number of aromatic amines is 2. The van der Waals surface area contributed by atoms with E-state index in [1.165, 1.54) is 0 Å². The highest BCUT2D eigenvalue weighted by Crippen LogP contribution is 2.29. The molecule has 10 heteroatoms. The van der Waals surface area contributed by atoms with E-state index in [-0.39, 0.29) is 9.90 Å². The molecule has 3 N–H and O–H groups in total. The van der Waals surface area contributed by atoms with Crippen molar-refractivity contribution in [3.63, 3.8) is 0 Å². The Labute approximate surface area is 107 Å². The molecule has 0 unspecified atom stereocenters. The fourth-order valence-electron chi connectivity index (χ4n) is 1.10. The van der Waals surface area contributed by atoms with Gasteiger partial charge in [-0.25, -0.2) is 19.7 Å². The molecule has 2 rings (SSSR count). The Morgan fingerprint density at radius 1 is 1.44 bits per heavy atom. The minimum absolute atomic E-state index is 0.000267. The highest BCUT2D eigenvalue weighted by Gasteiger charge is 2.16. The van der Waals surface area contributed by atoms with Crippen molar-refractivity contribution < 1.29 is 9.90 Å². The summed E-state index contributed by atoms with van der Waals surface area (Å²) in [5, 5.41) is 14.5. The molecule has 18 heavy (non-hydrogen) atoms. The normalized spacial score (nSPS) is 10.5. The summed E-state index contributed by atoms with van der Waals surface area (Å²) in [7, 11) is 0. The van der Waals surface area contributed by atoms with Gasteiger partial charge in [0.1, 0.15) is 4.88 Å². The fraction of sp³-hybridized carbons (Fsp3) is 0.125. The Morgan fingerprint density at radius 3 is 2.72 bits per heavy atom. The number of aromatic carboxylic acids is 1. The number of nitrogens with zero attached hydrogens (tertiary/aromatic N) is 2. The van der Waals surface area contributed by atoms with Crippen molar-refractivity contribution in [2.45, 2.75) is 16.3 Å². The van der Waals surface area contributed by atoms with Gasteiger partial charge in [0.05, 0.1) is 5.69 Å². The monoisotopic (exact) mass is 286 g/mol. The number of carbonyl (C=O) groups is 1. The van der Waals surface area contributed by atoms with Gasteiger partial charge in [-0.15, -0.1) is 0 Å². The molecular weight excluding hydrogens is 280 g/mol. The zero-order valence-corrected chi connectivity index (χ0v) is 10.5. The topological polar surface area (TPSA) is 129 Å². The Kier molecular flexibility index (Phi) is 3.30. The van der Waals surface area contributed by atoms with Gasteiger partial charge in [0.25, 0.3) is 5.56 Å². The number of rotatable bonds is 3. The number of aryl methyl sites for hydroxylation is 1. The van der Waals surface area contributed by atoms with E-state index in [1.807, 2.05) is 4.98 Å². The standard InChI is InChI=1S/C8H6N4O4S2/c1-2-3(6(14)15)17-8(9-2)18-5-4(13)10-7(16)12-11-5/h1H3,(H,14,15)(H2,10,12,13,16). The van der Waals surface area contributed by atoms with E-state index >= 15 is 0 Å². The highest BCUT2D eigenvalue weighted by molar-refractivity contribution is 8.01. The predicted molar refractivity (Wildman–Crippen MR) is 63.4 cm³/mol. The molecule has 2 heterocycles. The lowest BCUT2D eigenvalue weighted by molar-refractivity contribution is 0.0701. The van der Waals surface area contributed by atoms with Gasteiger partial charge in [-0.2, -0.15) is 5.10 Å². The number of hydrogen-bond acceptors (Lipinski definition) is 7. The van der Waals surface area contributed by atoms with Crippen molar-refractivity contribution >= 4 is 29.1 Å². The molecule has 0 amide bonds. The molecule has 0 aliphatic rings. The van der Waals surface area contributed by atoms with Crippen LogP contribution in [0, 0.1) is 6.92 Å². The zero-order valence-electron chi connectivity index (χ0n) is 8.88. The maximum Gasteiger partial charge on any atom is 0.347 e. The molecule has 2 aromatic heterocycles. The number of thiazole rings is 1. The van der Waals surface area contributed by atoms with Crippen LogP contribution in [-0.2, 0) is 0 Å². The van der Waals surface area contributed by atoms with Gasteiger partial charge in [0.2, 0.25) is 0 Å². The molecule has 0 saturated carbocycles. The van der Waals surface area contributed by atoms with E-state index in [1.54, 1.807) is 6.92 Å². The van der Waals surface area contributed by atoms with E-state index in [0.29, 0.717) is 10.0 Å². The molecule has 0 spiro atoms. The van der Waals surface area contributed by atoms with E-state index < -0.39 is 17.2 Å². The second-order valence-electron chi connectivity index (χ2n) is 3.11. The number of carboxylic acid groups (broad SMARTS) is 1. The molecule has 0 bridgehead atoms. The second-order valence-corrected chi connectivity index (χ2v) is 5.35. The van der Waals surface area contributed by atoms with Crippen molar-refractivity contribution in [2.24, 2.45) is 0 Å². The van der Waals surface area contributed by atoms with Crippen LogP contribution in [0.2, 0.25) is 0 Å². The molecule has 0 radical (unpaired) electrons. The minimum Gasteiger partial charge on any atom is -0.477 e. The van der Waals surface area contributed by atoms with Crippen LogP contribution in [0.4, 0.5) is 0 Å². The molecule has 0 aliphatic carbocycles. The van der Waals surface area contributed by atoms with Gasteiger partial charge in [-0.05, 0) is 18.7 Å².